The van der Waals surface area contributed by atoms with Crippen LogP contribution in [0.4, 0.5) is 4.79 Å². The Balaban J connectivity index is 1.97. The van der Waals surface area contributed by atoms with Crippen LogP contribution >= 0.6 is 0 Å². The quantitative estimate of drug-likeness (QED) is 0.561. The minimum Gasteiger partial charge on any atom is -0.350 e. The number of nitrogens with one attached hydrogen (secondary N) is 1. The van der Waals surface area contributed by atoms with Gasteiger partial charge < -0.3 is 10.3 Å². The van der Waals surface area contributed by atoms with E-state index < -0.39 is 6.03 Å². The van der Waals surface area contributed by atoms with Gasteiger partial charge in [0.2, 0.25) is 0 Å². The largest absolute Gasteiger partial charge is 0.350 e. The molecule has 0 saturated heterocycles. The molecule has 0 spiro atoms. The normalized spacial score (nSPS) is 11.0. The number of aromatic nitrogens is 1. The molecule has 0 saturated carbocycles. The Bertz CT molecular complexity index is 820. The number of urea groups is 1. The summed E-state index contributed by atoms with van der Waals surface area (Å²) in [6, 6.07) is 17.5. The van der Waals surface area contributed by atoms with E-state index in [0.29, 0.717) is 0 Å². The number of hydrazone groups is 1. The molecule has 5 heteroatoms. The van der Waals surface area contributed by atoms with Crippen molar-refractivity contribution in [3.05, 3.63) is 66.5 Å². The molecule has 3 N–H and O–H groups in total. The number of rotatable bonds is 3. The lowest BCUT2D eigenvalue weighted by Gasteiger charge is -2.07. The van der Waals surface area contributed by atoms with E-state index in [2.05, 4.69) is 34.8 Å². The molecular formula is C16H14N4O. The zero-order valence-electron chi connectivity index (χ0n) is 11.2. The van der Waals surface area contributed by atoms with Crippen LogP contribution in [0.25, 0.3) is 16.5 Å². The van der Waals surface area contributed by atoms with Gasteiger partial charge in [0.25, 0.3) is 0 Å². The standard InChI is InChI=1S/C16H14N4O/c17-16(21)19-18-11-15-6-3-9-20(15)14-8-7-12-4-1-2-5-13(12)10-14/h1-11H,(H3,17,19,21)/b18-11+. The van der Waals surface area contributed by atoms with Crippen LogP contribution in [0, 0.1) is 0 Å². The molecule has 5 nitrogen and oxygen atoms in total. The number of carbonyl (C=O) groups excluding carboxylic acids is 1. The number of amides is 2. The summed E-state index contributed by atoms with van der Waals surface area (Å²) in [4.78, 5) is 10.6. The second-order valence-corrected chi connectivity index (χ2v) is 4.57. The summed E-state index contributed by atoms with van der Waals surface area (Å²) in [5, 5.41) is 6.15. The summed E-state index contributed by atoms with van der Waals surface area (Å²) in [5.41, 5.74) is 9.03. The average Bonchev–Trinajstić information content (AvgIpc) is 2.95. The van der Waals surface area contributed by atoms with Crippen molar-refractivity contribution < 1.29 is 4.79 Å². The number of fused-ring (bicyclic) bond motifs is 1. The van der Waals surface area contributed by atoms with Crippen molar-refractivity contribution in [2.75, 3.05) is 0 Å². The molecule has 2 aromatic carbocycles. The van der Waals surface area contributed by atoms with Crippen molar-refractivity contribution >= 4 is 23.0 Å². The zero-order chi connectivity index (χ0) is 14.7. The van der Waals surface area contributed by atoms with Crippen LogP contribution in [0.5, 0.6) is 0 Å². The van der Waals surface area contributed by atoms with E-state index in [1.807, 2.05) is 41.1 Å². The summed E-state index contributed by atoms with van der Waals surface area (Å²) in [6.07, 6.45) is 3.50. The lowest BCUT2D eigenvalue weighted by atomic mass is 10.1. The number of hydrogen-bond donors (Lipinski definition) is 2. The molecule has 0 atom stereocenters. The molecule has 0 aliphatic carbocycles. The topological polar surface area (TPSA) is 72.4 Å². The molecule has 3 aromatic rings. The van der Waals surface area contributed by atoms with Gasteiger partial charge in [0.05, 0.1) is 11.9 Å². The third-order valence-corrected chi connectivity index (χ3v) is 3.16. The Morgan fingerprint density at radius 3 is 2.71 bits per heavy atom. The van der Waals surface area contributed by atoms with Gasteiger partial charge in [0.1, 0.15) is 0 Å². The predicted molar refractivity (Wildman–Crippen MR) is 83.6 cm³/mol. The van der Waals surface area contributed by atoms with Crippen LogP contribution in [0.2, 0.25) is 0 Å². The van der Waals surface area contributed by atoms with Crippen molar-refractivity contribution in [3.8, 4) is 5.69 Å². The van der Waals surface area contributed by atoms with Gasteiger partial charge in [-0.3, -0.25) is 0 Å². The van der Waals surface area contributed by atoms with E-state index in [4.69, 9.17) is 5.73 Å². The lowest BCUT2D eigenvalue weighted by molar-refractivity contribution is 0.249. The monoisotopic (exact) mass is 278 g/mol. The highest BCUT2D eigenvalue weighted by Gasteiger charge is 2.02. The fraction of sp³-hybridized carbons (Fsp3) is 0. The Morgan fingerprint density at radius 2 is 1.90 bits per heavy atom. The van der Waals surface area contributed by atoms with E-state index in [1.165, 1.54) is 10.8 Å². The lowest BCUT2D eigenvalue weighted by Crippen LogP contribution is -2.24. The predicted octanol–water partition coefficient (Wildman–Crippen LogP) is 2.63. The Kier molecular flexibility index (Phi) is 3.39. The van der Waals surface area contributed by atoms with Gasteiger partial charge in [-0.05, 0) is 35.0 Å². The molecule has 0 fully saturated rings. The van der Waals surface area contributed by atoms with Gasteiger partial charge in [-0.2, -0.15) is 5.10 Å². The summed E-state index contributed by atoms with van der Waals surface area (Å²) >= 11 is 0. The van der Waals surface area contributed by atoms with Gasteiger partial charge in [-0.1, -0.05) is 30.3 Å². The zero-order valence-corrected chi connectivity index (χ0v) is 11.2. The van der Waals surface area contributed by atoms with Crippen molar-refractivity contribution in [2.45, 2.75) is 0 Å². The first kappa shape index (κ1) is 12.9. The second kappa shape index (κ2) is 5.50. The first-order valence-corrected chi connectivity index (χ1v) is 6.49. The Hall–Kier alpha value is -3.08. The Labute approximate surface area is 121 Å². The minimum absolute atomic E-state index is 0.685. The average molecular weight is 278 g/mol. The smallest absolute Gasteiger partial charge is 0.332 e. The van der Waals surface area contributed by atoms with Crippen LogP contribution in [-0.2, 0) is 0 Å². The number of hydrogen-bond acceptors (Lipinski definition) is 2. The maximum Gasteiger partial charge on any atom is 0.332 e. The third kappa shape index (κ3) is 2.76. The van der Waals surface area contributed by atoms with Gasteiger partial charge in [0, 0.05) is 11.9 Å². The van der Waals surface area contributed by atoms with Crippen molar-refractivity contribution in [1.82, 2.24) is 9.99 Å². The first-order chi connectivity index (χ1) is 10.2. The molecule has 0 bridgehead atoms. The SMILES string of the molecule is NC(=O)N/N=C/c1cccn1-c1ccc2ccccc2c1. The number of carbonyl (C=O) groups is 1. The molecule has 1 heterocycles. The van der Waals surface area contributed by atoms with Crippen LogP contribution in [0.3, 0.4) is 0 Å². The highest BCUT2D eigenvalue weighted by atomic mass is 16.2. The molecule has 0 aliphatic heterocycles. The van der Waals surface area contributed by atoms with E-state index in [9.17, 15) is 4.79 Å². The van der Waals surface area contributed by atoms with Crippen molar-refractivity contribution in [1.29, 1.82) is 0 Å². The Morgan fingerprint density at radius 1 is 1.10 bits per heavy atom. The van der Waals surface area contributed by atoms with Gasteiger partial charge in [-0.15, -0.1) is 0 Å². The highest BCUT2D eigenvalue weighted by Crippen LogP contribution is 2.19. The molecular weight excluding hydrogens is 264 g/mol. The molecule has 1 aromatic heterocycles. The molecule has 0 unspecified atom stereocenters. The van der Waals surface area contributed by atoms with E-state index in [-0.39, 0.29) is 0 Å². The summed E-state index contributed by atoms with van der Waals surface area (Å²) in [7, 11) is 0. The molecule has 104 valence electrons. The van der Waals surface area contributed by atoms with E-state index in [1.54, 1.807) is 6.21 Å². The molecule has 21 heavy (non-hydrogen) atoms. The molecule has 0 radical (unpaired) electrons. The van der Waals surface area contributed by atoms with Crippen LogP contribution in [0.15, 0.2) is 65.9 Å². The second-order valence-electron chi connectivity index (χ2n) is 4.57. The van der Waals surface area contributed by atoms with Gasteiger partial charge >= 0.3 is 6.03 Å². The maximum absolute atomic E-state index is 10.6. The fourth-order valence-corrected chi connectivity index (χ4v) is 2.22. The van der Waals surface area contributed by atoms with E-state index >= 15 is 0 Å². The number of primary amides is 1. The molecule has 2 amide bonds. The first-order valence-electron chi connectivity index (χ1n) is 6.49. The molecule has 3 rings (SSSR count). The van der Waals surface area contributed by atoms with Gasteiger partial charge in [0.15, 0.2) is 0 Å². The van der Waals surface area contributed by atoms with Crippen LogP contribution in [-0.4, -0.2) is 16.8 Å². The maximum atomic E-state index is 10.6. The minimum atomic E-state index is -0.685. The number of benzene rings is 2. The van der Waals surface area contributed by atoms with Crippen LogP contribution in [0.1, 0.15) is 5.69 Å². The number of nitrogens with zero attached hydrogens (tertiary/aromatic N) is 2. The summed E-state index contributed by atoms with van der Waals surface area (Å²) < 4.78 is 1.98. The summed E-state index contributed by atoms with van der Waals surface area (Å²) in [5.74, 6) is 0. The van der Waals surface area contributed by atoms with Gasteiger partial charge in [-0.25, -0.2) is 10.2 Å². The summed E-state index contributed by atoms with van der Waals surface area (Å²) in [6.45, 7) is 0. The number of nitrogens with two attached hydrogens (primary N) is 1. The highest BCUT2D eigenvalue weighted by molar-refractivity contribution is 5.85. The van der Waals surface area contributed by atoms with Crippen molar-refractivity contribution in [2.24, 2.45) is 10.8 Å². The third-order valence-electron chi connectivity index (χ3n) is 3.16. The van der Waals surface area contributed by atoms with Crippen LogP contribution < -0.4 is 11.2 Å². The van der Waals surface area contributed by atoms with E-state index in [0.717, 1.165) is 11.4 Å². The molecule has 0 aliphatic rings. The fourth-order valence-electron chi connectivity index (χ4n) is 2.22. The van der Waals surface area contributed by atoms with Crippen molar-refractivity contribution in [3.63, 3.8) is 0 Å².